The molecule has 0 aliphatic rings. The van der Waals surface area contributed by atoms with E-state index in [9.17, 15) is 9.59 Å². The minimum Gasteiger partial charge on any atom is -0.481 e. The normalized spacial score (nSPS) is 10.9. The van der Waals surface area contributed by atoms with Crippen molar-refractivity contribution < 1.29 is 14.7 Å². The van der Waals surface area contributed by atoms with E-state index in [4.69, 9.17) is 16.6 Å². The van der Waals surface area contributed by atoms with Crippen molar-refractivity contribution in [2.75, 3.05) is 0 Å². The number of carboxylic acid groups (broad SMARTS) is 1. The van der Waals surface area contributed by atoms with E-state index in [1.807, 2.05) is 0 Å². The molecule has 0 aromatic rings. The molecule has 0 aliphatic heterocycles. The van der Waals surface area contributed by atoms with Gasteiger partial charge in [-0.1, -0.05) is 0 Å². The molecule has 0 aromatic carbocycles. The first kappa shape index (κ1) is 8.06. The molecule has 5 heteroatoms. The maximum Gasteiger partial charge on any atom is 0.307 e. The zero-order chi connectivity index (χ0) is 7.49. The summed E-state index contributed by atoms with van der Waals surface area (Å²) < 4.78 is 0. The van der Waals surface area contributed by atoms with Gasteiger partial charge in [-0.25, -0.2) is 0 Å². The van der Waals surface area contributed by atoms with E-state index >= 15 is 0 Å². The maximum absolute atomic E-state index is 9.85. The fourth-order valence-electron chi connectivity index (χ4n) is 0.304. The molecule has 9 heavy (non-hydrogen) atoms. The molecule has 0 spiro atoms. The zero-order valence-corrected chi connectivity index (χ0v) is 4.70. The van der Waals surface area contributed by atoms with Crippen molar-refractivity contribution in [3.63, 3.8) is 0 Å². The summed E-state index contributed by atoms with van der Waals surface area (Å²) >= 11 is 0. The van der Waals surface area contributed by atoms with Gasteiger partial charge in [0.15, 0.2) is 6.29 Å². The van der Waals surface area contributed by atoms with Crippen LogP contribution in [0.1, 0.15) is 6.42 Å². The molecule has 0 aromatic heterocycles. The Morgan fingerprint density at radius 1 is 1.67 bits per heavy atom. The molecule has 5 N–H and O–H groups in total. The Labute approximate surface area is 51.6 Å². The summed E-state index contributed by atoms with van der Waals surface area (Å²) in [5, 5.41) is 8.06. The Bertz CT molecular complexity index is 132. The van der Waals surface area contributed by atoms with E-state index in [1.165, 1.54) is 0 Å². The van der Waals surface area contributed by atoms with Crippen molar-refractivity contribution in [3.8, 4) is 0 Å². The molecule has 5 nitrogen and oxygen atoms in total. The average Bonchev–Trinajstić information content (AvgIpc) is 1.63. The van der Waals surface area contributed by atoms with Crippen molar-refractivity contribution in [3.05, 3.63) is 0 Å². The van der Waals surface area contributed by atoms with Gasteiger partial charge in [-0.05, 0) is 0 Å². The molecule has 0 fully saturated rings. The summed E-state index contributed by atoms with van der Waals surface area (Å²) in [5.74, 6) is -1.19. The second kappa shape index (κ2) is 2.56. The molecule has 52 valence electrons. The number of rotatable bonds is 3. The molecule has 0 amide bonds. The summed E-state index contributed by atoms with van der Waals surface area (Å²) in [7, 11) is 0. The van der Waals surface area contributed by atoms with Crippen molar-refractivity contribution in [2.24, 2.45) is 11.5 Å². The summed E-state index contributed by atoms with van der Waals surface area (Å²) in [6.07, 6.45) is -0.336. The molecule has 0 saturated carbocycles. The van der Waals surface area contributed by atoms with Gasteiger partial charge in [-0.3, -0.25) is 9.59 Å². The first-order valence-electron chi connectivity index (χ1n) is 2.24. The molecule has 0 atom stereocenters. The summed E-state index contributed by atoms with van der Waals surface area (Å²) in [5.41, 5.74) is 8.18. The van der Waals surface area contributed by atoms with Gasteiger partial charge >= 0.3 is 5.97 Å². The van der Waals surface area contributed by atoms with Crippen LogP contribution in [0.25, 0.3) is 0 Å². The van der Waals surface area contributed by atoms with Crippen LogP contribution in [0, 0.1) is 0 Å². The van der Waals surface area contributed by atoms with Crippen molar-refractivity contribution >= 4 is 12.3 Å². The van der Waals surface area contributed by atoms with Crippen LogP contribution in [0.2, 0.25) is 0 Å². The fourth-order valence-corrected chi connectivity index (χ4v) is 0.304. The van der Waals surface area contributed by atoms with Crippen LogP contribution in [-0.2, 0) is 9.59 Å². The van der Waals surface area contributed by atoms with E-state index < -0.39 is 18.1 Å². The van der Waals surface area contributed by atoms with Gasteiger partial charge in [0, 0.05) is 0 Å². The predicted molar refractivity (Wildman–Crippen MR) is 29.4 cm³/mol. The van der Waals surface area contributed by atoms with Crippen molar-refractivity contribution in [1.82, 2.24) is 0 Å². The van der Waals surface area contributed by atoms with Gasteiger partial charge in [-0.2, -0.15) is 0 Å². The number of carbonyl (C=O) groups excluding carboxylic acids is 1. The third kappa shape index (κ3) is 3.63. The number of carbonyl (C=O) groups is 2. The van der Waals surface area contributed by atoms with Crippen LogP contribution in [0.4, 0.5) is 0 Å². The molecule has 0 rings (SSSR count). The van der Waals surface area contributed by atoms with E-state index in [-0.39, 0.29) is 6.29 Å². The average molecular weight is 132 g/mol. The fraction of sp³-hybridized carbons (Fsp3) is 0.500. The van der Waals surface area contributed by atoms with E-state index in [0.29, 0.717) is 0 Å². The van der Waals surface area contributed by atoms with Crippen LogP contribution in [0.3, 0.4) is 0 Å². The van der Waals surface area contributed by atoms with Gasteiger partial charge in [0.1, 0.15) is 5.66 Å². The first-order valence-corrected chi connectivity index (χ1v) is 2.24. The van der Waals surface area contributed by atoms with Crippen LogP contribution in [-0.4, -0.2) is 23.0 Å². The largest absolute Gasteiger partial charge is 0.481 e. The topological polar surface area (TPSA) is 106 Å². The van der Waals surface area contributed by atoms with Crippen LogP contribution in [0.15, 0.2) is 0 Å². The Hall–Kier alpha value is -0.940. The monoisotopic (exact) mass is 132 g/mol. The lowest BCUT2D eigenvalue weighted by atomic mass is 10.1. The lowest BCUT2D eigenvalue weighted by Crippen LogP contribution is -2.52. The second-order valence-electron chi connectivity index (χ2n) is 1.80. The minimum atomic E-state index is -1.72. The second-order valence-corrected chi connectivity index (χ2v) is 1.80. The Kier molecular flexibility index (Phi) is 2.29. The third-order valence-electron chi connectivity index (χ3n) is 0.677. The van der Waals surface area contributed by atoms with E-state index in [2.05, 4.69) is 0 Å². The SMILES string of the molecule is NC(N)(C=O)CC(=O)O. The highest BCUT2D eigenvalue weighted by molar-refractivity contribution is 5.76. The minimum absolute atomic E-state index is 0.209. The van der Waals surface area contributed by atoms with Crippen molar-refractivity contribution in [2.45, 2.75) is 12.1 Å². The predicted octanol–water partition coefficient (Wildman–Crippen LogP) is -1.73. The molecule has 0 radical (unpaired) electrons. The number of hydrogen-bond donors (Lipinski definition) is 3. The van der Waals surface area contributed by atoms with Crippen LogP contribution < -0.4 is 11.5 Å². The molecule has 0 heterocycles. The molecule has 0 unspecified atom stereocenters. The van der Waals surface area contributed by atoms with E-state index in [1.54, 1.807) is 0 Å². The smallest absolute Gasteiger partial charge is 0.307 e. The van der Waals surface area contributed by atoms with Gasteiger partial charge < -0.3 is 16.6 Å². The van der Waals surface area contributed by atoms with Gasteiger partial charge in [0.25, 0.3) is 0 Å². The van der Waals surface area contributed by atoms with Gasteiger partial charge in [-0.15, -0.1) is 0 Å². The zero-order valence-electron chi connectivity index (χ0n) is 4.70. The van der Waals surface area contributed by atoms with Gasteiger partial charge in [0.05, 0.1) is 6.42 Å². The summed E-state index contributed by atoms with van der Waals surface area (Å²) in [6.45, 7) is 0. The van der Waals surface area contributed by atoms with E-state index in [0.717, 1.165) is 0 Å². The lowest BCUT2D eigenvalue weighted by molar-refractivity contribution is -0.139. The number of hydrogen-bond acceptors (Lipinski definition) is 4. The highest BCUT2D eigenvalue weighted by Crippen LogP contribution is 1.91. The molecular weight excluding hydrogens is 124 g/mol. The van der Waals surface area contributed by atoms with Crippen molar-refractivity contribution in [1.29, 1.82) is 0 Å². The standard InChI is InChI=1S/C4H8N2O3/c5-4(6,2-7)1-3(8)9/h2H,1,5-6H2,(H,8,9). The van der Waals surface area contributed by atoms with Gasteiger partial charge in [0.2, 0.25) is 0 Å². The molecule has 0 aliphatic carbocycles. The Morgan fingerprint density at radius 3 is 2.22 bits per heavy atom. The molecule has 0 saturated heterocycles. The highest BCUT2D eigenvalue weighted by atomic mass is 16.4. The Morgan fingerprint density at radius 2 is 2.11 bits per heavy atom. The number of nitrogens with two attached hydrogens (primary N) is 2. The van der Waals surface area contributed by atoms with Crippen LogP contribution >= 0.6 is 0 Å². The number of aldehydes is 1. The summed E-state index contributed by atoms with van der Waals surface area (Å²) in [6, 6.07) is 0. The molecular formula is C4H8N2O3. The number of aliphatic carboxylic acids is 1. The quantitative estimate of drug-likeness (QED) is 0.312. The highest BCUT2D eigenvalue weighted by Gasteiger charge is 2.21. The Balaban J connectivity index is 3.86. The summed E-state index contributed by atoms with van der Waals surface area (Å²) in [4.78, 5) is 19.7. The maximum atomic E-state index is 9.85. The third-order valence-corrected chi connectivity index (χ3v) is 0.677. The van der Waals surface area contributed by atoms with Crippen LogP contribution in [0.5, 0.6) is 0 Å². The number of carboxylic acids is 1. The molecule has 0 bridgehead atoms. The lowest BCUT2D eigenvalue weighted by Gasteiger charge is -2.12. The first-order chi connectivity index (χ1) is 3.98.